The van der Waals surface area contributed by atoms with Crippen LogP contribution in [0.15, 0.2) is 12.1 Å². The fourth-order valence-corrected chi connectivity index (χ4v) is 2.40. The van der Waals surface area contributed by atoms with E-state index in [9.17, 15) is 14.4 Å². The van der Waals surface area contributed by atoms with E-state index in [4.69, 9.17) is 32.7 Å². The Labute approximate surface area is 149 Å². The van der Waals surface area contributed by atoms with Gasteiger partial charge in [0, 0.05) is 6.54 Å². The third-order valence-corrected chi connectivity index (χ3v) is 3.46. The third-order valence-electron chi connectivity index (χ3n) is 2.89. The molecule has 0 fully saturated rings. The van der Waals surface area contributed by atoms with Crippen LogP contribution in [0.5, 0.6) is 5.75 Å². The van der Waals surface area contributed by atoms with Gasteiger partial charge in [-0.1, -0.05) is 23.2 Å². The Kier molecular flexibility index (Phi) is 7.81. The molecule has 0 radical (unpaired) electrons. The smallest absolute Gasteiger partial charge is 0.338 e. The van der Waals surface area contributed by atoms with Crippen molar-refractivity contribution in [1.82, 2.24) is 10.6 Å². The predicted octanol–water partition coefficient (Wildman–Crippen LogP) is 1.80. The summed E-state index contributed by atoms with van der Waals surface area (Å²) in [7, 11) is 1.39. The number of methoxy groups -OCH3 is 1. The van der Waals surface area contributed by atoms with Crippen molar-refractivity contribution >= 4 is 41.0 Å². The van der Waals surface area contributed by atoms with Crippen molar-refractivity contribution in [2.24, 2.45) is 0 Å². The first-order valence-corrected chi connectivity index (χ1v) is 7.83. The van der Waals surface area contributed by atoms with Crippen LogP contribution in [0.4, 0.5) is 0 Å². The first-order valence-electron chi connectivity index (χ1n) is 7.07. The van der Waals surface area contributed by atoms with E-state index >= 15 is 0 Å². The Hall–Kier alpha value is -1.99. The molecule has 0 heterocycles. The van der Waals surface area contributed by atoms with E-state index in [2.05, 4.69) is 10.6 Å². The van der Waals surface area contributed by atoms with Crippen LogP contribution in [-0.4, -0.2) is 44.1 Å². The highest BCUT2D eigenvalue weighted by atomic mass is 35.5. The highest BCUT2D eigenvalue weighted by molar-refractivity contribution is 6.37. The lowest BCUT2D eigenvalue weighted by Crippen LogP contribution is -2.46. The number of esters is 1. The number of rotatable bonds is 7. The number of hydrogen-bond acceptors (Lipinski definition) is 5. The average Bonchev–Trinajstić information content (AvgIpc) is 2.52. The van der Waals surface area contributed by atoms with E-state index in [1.54, 1.807) is 6.92 Å². The van der Waals surface area contributed by atoms with Gasteiger partial charge >= 0.3 is 5.97 Å². The second-order valence-corrected chi connectivity index (χ2v) is 5.55. The molecule has 0 aliphatic carbocycles. The molecule has 0 aromatic heterocycles. The number of benzene rings is 1. The second-order valence-electron chi connectivity index (χ2n) is 4.73. The van der Waals surface area contributed by atoms with Gasteiger partial charge in [0.2, 0.25) is 5.91 Å². The van der Waals surface area contributed by atoms with Gasteiger partial charge in [0.25, 0.3) is 5.91 Å². The number of nitrogens with one attached hydrogen (secondary N) is 2. The molecule has 0 aliphatic heterocycles. The van der Waals surface area contributed by atoms with Gasteiger partial charge < -0.3 is 20.1 Å². The lowest BCUT2D eigenvalue weighted by molar-refractivity contribution is -0.130. The Morgan fingerprint density at radius 2 is 1.79 bits per heavy atom. The van der Waals surface area contributed by atoms with Crippen LogP contribution < -0.4 is 15.4 Å². The number of amides is 2. The Balaban J connectivity index is 2.60. The molecule has 0 saturated heterocycles. The molecule has 0 spiro atoms. The van der Waals surface area contributed by atoms with E-state index in [0.29, 0.717) is 6.54 Å². The molecule has 7 nitrogen and oxygen atoms in total. The zero-order valence-corrected chi connectivity index (χ0v) is 15.0. The van der Waals surface area contributed by atoms with Gasteiger partial charge in [-0.3, -0.25) is 9.59 Å². The molecular formula is C15H18Cl2N2O5. The molecule has 9 heteroatoms. The van der Waals surface area contributed by atoms with Gasteiger partial charge in [-0.15, -0.1) is 0 Å². The van der Waals surface area contributed by atoms with Crippen LogP contribution in [0.3, 0.4) is 0 Å². The molecule has 24 heavy (non-hydrogen) atoms. The zero-order valence-electron chi connectivity index (χ0n) is 13.4. The minimum absolute atomic E-state index is 0.0791. The van der Waals surface area contributed by atoms with Gasteiger partial charge in [-0.25, -0.2) is 4.79 Å². The fraction of sp³-hybridized carbons (Fsp3) is 0.400. The molecule has 1 rings (SSSR count). The van der Waals surface area contributed by atoms with Crippen molar-refractivity contribution in [1.29, 1.82) is 0 Å². The number of carbonyl (C=O) groups excluding carboxylic acids is 3. The summed E-state index contributed by atoms with van der Waals surface area (Å²) in [5.74, 6) is -1.47. The minimum Gasteiger partial charge on any atom is -0.494 e. The van der Waals surface area contributed by atoms with Gasteiger partial charge in [0.1, 0.15) is 6.04 Å². The SMILES string of the molecule is CCNC(=O)[C@@H](C)NC(=O)COC(=O)c1cc(Cl)c(OC)c(Cl)c1. The molecular weight excluding hydrogens is 359 g/mol. The third kappa shape index (κ3) is 5.58. The van der Waals surface area contributed by atoms with Crippen molar-refractivity contribution in [3.63, 3.8) is 0 Å². The normalized spacial score (nSPS) is 11.4. The van der Waals surface area contributed by atoms with Crippen LogP contribution in [0, 0.1) is 0 Å². The maximum atomic E-state index is 11.9. The molecule has 1 aromatic rings. The summed E-state index contributed by atoms with van der Waals surface area (Å²) in [6.45, 7) is 3.20. The van der Waals surface area contributed by atoms with Gasteiger partial charge in [0.05, 0.1) is 22.7 Å². The van der Waals surface area contributed by atoms with Crippen molar-refractivity contribution in [3.05, 3.63) is 27.7 Å². The summed E-state index contributed by atoms with van der Waals surface area (Å²) >= 11 is 11.9. The quantitative estimate of drug-likeness (QED) is 0.707. The summed E-state index contributed by atoms with van der Waals surface area (Å²) in [4.78, 5) is 35.1. The van der Waals surface area contributed by atoms with E-state index in [0.717, 1.165) is 0 Å². The molecule has 0 aliphatic rings. The summed E-state index contributed by atoms with van der Waals surface area (Å²) in [6.07, 6.45) is 0. The summed E-state index contributed by atoms with van der Waals surface area (Å²) < 4.78 is 9.85. The molecule has 1 atom stereocenters. The van der Waals surface area contributed by atoms with E-state index in [1.165, 1.54) is 26.2 Å². The van der Waals surface area contributed by atoms with Crippen molar-refractivity contribution in [3.8, 4) is 5.75 Å². The zero-order chi connectivity index (χ0) is 18.3. The monoisotopic (exact) mass is 376 g/mol. The molecule has 1 aromatic carbocycles. The highest BCUT2D eigenvalue weighted by Crippen LogP contribution is 2.33. The first-order chi connectivity index (χ1) is 11.3. The standard InChI is InChI=1S/C15H18Cl2N2O5/c1-4-18-14(21)8(2)19-12(20)7-24-15(22)9-5-10(16)13(23-3)11(17)6-9/h5-6,8H,4,7H2,1-3H3,(H,18,21)(H,19,20)/t8-/m1/s1. The van der Waals surface area contributed by atoms with Crippen LogP contribution in [0.1, 0.15) is 24.2 Å². The van der Waals surface area contributed by atoms with E-state index in [1.807, 2.05) is 0 Å². The maximum absolute atomic E-state index is 11.9. The number of carbonyl (C=O) groups is 3. The molecule has 0 saturated carbocycles. The summed E-state index contributed by atoms with van der Waals surface area (Å²) in [6, 6.07) is 1.91. The van der Waals surface area contributed by atoms with Crippen molar-refractivity contribution < 1.29 is 23.9 Å². The summed E-state index contributed by atoms with van der Waals surface area (Å²) in [5.41, 5.74) is 0.0791. The molecule has 2 amide bonds. The molecule has 0 bridgehead atoms. The minimum atomic E-state index is -0.776. The van der Waals surface area contributed by atoms with Crippen molar-refractivity contribution in [2.75, 3.05) is 20.3 Å². The van der Waals surface area contributed by atoms with Gasteiger partial charge in [0.15, 0.2) is 12.4 Å². The Morgan fingerprint density at radius 3 is 2.29 bits per heavy atom. The van der Waals surface area contributed by atoms with E-state index in [-0.39, 0.29) is 27.3 Å². The molecule has 0 unspecified atom stereocenters. The van der Waals surface area contributed by atoms with Gasteiger partial charge in [-0.2, -0.15) is 0 Å². The maximum Gasteiger partial charge on any atom is 0.338 e. The Morgan fingerprint density at radius 1 is 1.21 bits per heavy atom. The second kappa shape index (κ2) is 9.34. The number of halogens is 2. The lowest BCUT2D eigenvalue weighted by atomic mass is 10.2. The van der Waals surface area contributed by atoms with E-state index < -0.39 is 24.5 Å². The molecule has 2 N–H and O–H groups in total. The number of ether oxygens (including phenoxy) is 2. The van der Waals surface area contributed by atoms with Crippen LogP contribution in [-0.2, 0) is 14.3 Å². The lowest BCUT2D eigenvalue weighted by Gasteiger charge is -2.13. The largest absolute Gasteiger partial charge is 0.494 e. The Bertz CT molecular complexity index is 613. The van der Waals surface area contributed by atoms with Crippen LogP contribution >= 0.6 is 23.2 Å². The first kappa shape index (κ1) is 20.1. The molecule has 132 valence electrons. The van der Waals surface area contributed by atoms with Crippen molar-refractivity contribution in [2.45, 2.75) is 19.9 Å². The average molecular weight is 377 g/mol. The van der Waals surface area contributed by atoms with Crippen LogP contribution in [0.2, 0.25) is 10.0 Å². The number of hydrogen-bond donors (Lipinski definition) is 2. The van der Waals surface area contributed by atoms with Crippen LogP contribution in [0.25, 0.3) is 0 Å². The number of likely N-dealkylation sites (N-methyl/N-ethyl adjacent to an activating group) is 1. The topological polar surface area (TPSA) is 93.7 Å². The summed E-state index contributed by atoms with van der Waals surface area (Å²) in [5, 5.41) is 5.26. The van der Waals surface area contributed by atoms with Gasteiger partial charge in [-0.05, 0) is 26.0 Å². The predicted molar refractivity (Wildman–Crippen MR) is 89.6 cm³/mol. The fourth-order valence-electron chi connectivity index (χ4n) is 1.76. The highest BCUT2D eigenvalue weighted by Gasteiger charge is 2.18.